The van der Waals surface area contributed by atoms with Crippen LogP contribution in [-0.2, 0) is 6.54 Å². The second-order valence-electron chi connectivity index (χ2n) is 6.20. The lowest BCUT2D eigenvalue weighted by Gasteiger charge is -2.10. The first-order valence-corrected chi connectivity index (χ1v) is 7.90. The van der Waals surface area contributed by atoms with Crippen LogP contribution in [0.4, 0.5) is 10.2 Å². The van der Waals surface area contributed by atoms with Gasteiger partial charge in [0.15, 0.2) is 5.82 Å². The highest BCUT2D eigenvalue weighted by Crippen LogP contribution is 2.24. The van der Waals surface area contributed by atoms with Gasteiger partial charge in [-0.05, 0) is 48.4 Å². The van der Waals surface area contributed by atoms with Gasteiger partial charge in [0.2, 0.25) is 0 Å². The Morgan fingerprint density at radius 1 is 1.17 bits per heavy atom. The summed E-state index contributed by atoms with van der Waals surface area (Å²) in [5.74, 6) is 0.577. The predicted octanol–water partition coefficient (Wildman–Crippen LogP) is 3.16. The highest BCUT2D eigenvalue weighted by molar-refractivity contribution is 5.85. The Balaban J connectivity index is 1.94. The zero-order valence-electron chi connectivity index (χ0n) is 13.8. The molecule has 0 saturated heterocycles. The van der Waals surface area contributed by atoms with Gasteiger partial charge in [0.1, 0.15) is 17.7 Å². The van der Waals surface area contributed by atoms with Crippen LogP contribution in [0, 0.1) is 11.7 Å². The van der Waals surface area contributed by atoms with E-state index in [1.54, 1.807) is 0 Å². The van der Waals surface area contributed by atoms with Gasteiger partial charge < -0.3 is 11.1 Å². The zero-order valence-corrected chi connectivity index (χ0v) is 13.8. The van der Waals surface area contributed by atoms with Gasteiger partial charge in [-0.3, -0.25) is 0 Å². The molecule has 0 radical (unpaired) electrons. The molecule has 0 fully saturated rings. The third-order valence-electron chi connectivity index (χ3n) is 3.65. The summed E-state index contributed by atoms with van der Waals surface area (Å²) in [4.78, 5) is 12.6. The van der Waals surface area contributed by atoms with Crippen molar-refractivity contribution in [1.82, 2.24) is 20.3 Å². The number of hydrogen-bond acceptors (Lipinski definition) is 5. The van der Waals surface area contributed by atoms with Crippen molar-refractivity contribution >= 4 is 16.9 Å². The van der Waals surface area contributed by atoms with Gasteiger partial charge in [-0.2, -0.15) is 0 Å². The summed E-state index contributed by atoms with van der Waals surface area (Å²) < 4.78 is 14.0. The Labute approximate surface area is 140 Å². The van der Waals surface area contributed by atoms with E-state index in [-0.39, 0.29) is 5.82 Å². The number of hydrogen-bond donors (Lipinski definition) is 2. The lowest BCUT2D eigenvalue weighted by atomic mass is 10.1. The lowest BCUT2D eigenvalue weighted by Crippen LogP contribution is -2.19. The van der Waals surface area contributed by atoms with Crippen molar-refractivity contribution in [3.63, 3.8) is 0 Å². The predicted molar refractivity (Wildman–Crippen MR) is 93.7 cm³/mol. The largest absolute Gasteiger partial charge is 0.382 e. The molecule has 3 aromatic rings. The number of anilines is 1. The van der Waals surface area contributed by atoms with E-state index in [0.717, 1.165) is 12.1 Å². The highest BCUT2D eigenvalue weighted by Gasteiger charge is 2.08. The second-order valence-corrected chi connectivity index (χ2v) is 6.20. The quantitative estimate of drug-likeness (QED) is 0.753. The minimum atomic E-state index is -0.284. The van der Waals surface area contributed by atoms with Crippen molar-refractivity contribution in [2.75, 3.05) is 12.3 Å². The monoisotopic (exact) mass is 325 g/mol. The SMILES string of the molecule is CC(C)CNCc1cc(F)cc(-c2ccc3ncnc(N)c3n2)c1. The molecule has 2 heterocycles. The van der Waals surface area contributed by atoms with E-state index < -0.39 is 0 Å². The van der Waals surface area contributed by atoms with Crippen LogP contribution < -0.4 is 11.1 Å². The van der Waals surface area contributed by atoms with E-state index in [4.69, 9.17) is 5.73 Å². The van der Waals surface area contributed by atoms with Gasteiger partial charge in [0, 0.05) is 12.1 Å². The van der Waals surface area contributed by atoms with Crippen molar-refractivity contribution in [3.8, 4) is 11.3 Å². The zero-order chi connectivity index (χ0) is 17.1. The van der Waals surface area contributed by atoms with Crippen LogP contribution in [0.1, 0.15) is 19.4 Å². The molecule has 0 aliphatic carbocycles. The Hall–Kier alpha value is -2.60. The van der Waals surface area contributed by atoms with Crippen molar-refractivity contribution in [3.05, 3.63) is 48.0 Å². The Bertz CT molecular complexity index is 863. The molecule has 3 rings (SSSR count). The highest BCUT2D eigenvalue weighted by atomic mass is 19.1. The first-order chi connectivity index (χ1) is 11.5. The topological polar surface area (TPSA) is 76.7 Å². The minimum absolute atomic E-state index is 0.284. The summed E-state index contributed by atoms with van der Waals surface area (Å²) in [5, 5.41) is 3.32. The molecule has 124 valence electrons. The number of halogens is 1. The van der Waals surface area contributed by atoms with Crippen molar-refractivity contribution in [2.24, 2.45) is 5.92 Å². The van der Waals surface area contributed by atoms with Crippen LogP contribution in [0.25, 0.3) is 22.3 Å². The number of aromatic nitrogens is 3. The number of fused-ring (bicyclic) bond motifs is 1. The lowest BCUT2D eigenvalue weighted by molar-refractivity contribution is 0.550. The molecule has 0 unspecified atom stereocenters. The molecule has 6 heteroatoms. The fourth-order valence-electron chi connectivity index (χ4n) is 2.53. The number of nitrogen functional groups attached to an aromatic ring is 1. The van der Waals surface area contributed by atoms with Gasteiger partial charge in [-0.25, -0.2) is 19.3 Å². The summed E-state index contributed by atoms with van der Waals surface area (Å²) in [6, 6.07) is 8.58. The fourth-order valence-corrected chi connectivity index (χ4v) is 2.53. The molecule has 0 amide bonds. The first kappa shape index (κ1) is 16.3. The van der Waals surface area contributed by atoms with Gasteiger partial charge in [0.05, 0.1) is 11.2 Å². The smallest absolute Gasteiger partial charge is 0.153 e. The summed E-state index contributed by atoms with van der Waals surface area (Å²) in [6.07, 6.45) is 1.40. The first-order valence-electron chi connectivity index (χ1n) is 7.90. The average Bonchev–Trinajstić information content (AvgIpc) is 2.54. The summed E-state index contributed by atoms with van der Waals surface area (Å²) in [6.45, 7) is 5.76. The number of pyridine rings is 1. The molecular formula is C18H20FN5. The van der Waals surface area contributed by atoms with E-state index in [2.05, 4.69) is 34.1 Å². The van der Waals surface area contributed by atoms with Crippen LogP contribution in [0.5, 0.6) is 0 Å². The van der Waals surface area contributed by atoms with Gasteiger partial charge >= 0.3 is 0 Å². The number of nitrogens with zero attached hydrogens (tertiary/aromatic N) is 3. The third-order valence-corrected chi connectivity index (χ3v) is 3.65. The molecule has 3 N–H and O–H groups in total. The minimum Gasteiger partial charge on any atom is -0.382 e. The number of nitrogens with two attached hydrogens (primary N) is 1. The van der Waals surface area contributed by atoms with Crippen molar-refractivity contribution in [1.29, 1.82) is 0 Å². The Morgan fingerprint density at radius 3 is 2.79 bits per heavy atom. The summed E-state index contributed by atoms with van der Waals surface area (Å²) in [5.41, 5.74) is 9.29. The Kier molecular flexibility index (Phi) is 4.66. The maximum Gasteiger partial charge on any atom is 0.153 e. The fraction of sp³-hybridized carbons (Fsp3) is 0.278. The van der Waals surface area contributed by atoms with Crippen LogP contribution in [0.15, 0.2) is 36.7 Å². The molecule has 0 aliphatic heterocycles. The second kappa shape index (κ2) is 6.88. The maximum absolute atomic E-state index is 14.0. The van der Waals surface area contributed by atoms with Crippen LogP contribution in [0.2, 0.25) is 0 Å². The molecule has 0 aliphatic rings. The van der Waals surface area contributed by atoms with Crippen LogP contribution >= 0.6 is 0 Å². The van der Waals surface area contributed by atoms with E-state index >= 15 is 0 Å². The average molecular weight is 325 g/mol. The van der Waals surface area contributed by atoms with E-state index in [0.29, 0.717) is 40.6 Å². The molecule has 5 nitrogen and oxygen atoms in total. The molecule has 0 atom stereocenters. The van der Waals surface area contributed by atoms with Crippen molar-refractivity contribution in [2.45, 2.75) is 20.4 Å². The molecule has 0 bridgehead atoms. The van der Waals surface area contributed by atoms with Crippen LogP contribution in [-0.4, -0.2) is 21.5 Å². The summed E-state index contributed by atoms with van der Waals surface area (Å²) in [7, 11) is 0. The third kappa shape index (κ3) is 3.65. The molecule has 2 aromatic heterocycles. The van der Waals surface area contributed by atoms with Gasteiger partial charge in [-0.1, -0.05) is 13.8 Å². The van der Waals surface area contributed by atoms with Gasteiger partial charge in [-0.15, -0.1) is 0 Å². The Morgan fingerprint density at radius 2 is 2.00 bits per heavy atom. The molecule has 0 spiro atoms. The number of nitrogens with one attached hydrogen (secondary N) is 1. The van der Waals surface area contributed by atoms with E-state index in [9.17, 15) is 4.39 Å². The van der Waals surface area contributed by atoms with Gasteiger partial charge in [0.25, 0.3) is 0 Å². The van der Waals surface area contributed by atoms with Crippen molar-refractivity contribution < 1.29 is 4.39 Å². The maximum atomic E-state index is 14.0. The van der Waals surface area contributed by atoms with Crippen LogP contribution in [0.3, 0.4) is 0 Å². The molecular weight excluding hydrogens is 305 g/mol. The summed E-state index contributed by atoms with van der Waals surface area (Å²) >= 11 is 0. The normalized spacial score (nSPS) is 11.3. The molecule has 1 aromatic carbocycles. The standard InChI is InChI=1S/C18H20FN5/c1-11(2)8-21-9-12-5-13(7-14(19)6-12)15-3-4-16-17(24-15)18(20)23-10-22-16/h3-7,10-11,21H,8-9H2,1-2H3,(H2,20,22,23). The number of rotatable bonds is 5. The van der Waals surface area contributed by atoms with E-state index in [1.165, 1.54) is 18.5 Å². The molecule has 0 saturated carbocycles. The van der Waals surface area contributed by atoms with E-state index in [1.807, 2.05) is 18.2 Å². The molecule has 24 heavy (non-hydrogen) atoms. The number of benzene rings is 1.